The van der Waals surface area contributed by atoms with Crippen molar-refractivity contribution in [1.82, 2.24) is 5.43 Å². The molecule has 4 bridgehead atoms. The van der Waals surface area contributed by atoms with Crippen LogP contribution in [0, 0.1) is 23.2 Å². The van der Waals surface area contributed by atoms with Crippen molar-refractivity contribution in [2.45, 2.75) is 51.9 Å². The molecule has 7 nitrogen and oxygen atoms in total. The summed E-state index contributed by atoms with van der Waals surface area (Å²) in [4.78, 5) is 25.3. The first kappa shape index (κ1) is 18.5. The number of fused-ring (bicyclic) bond motifs is 1. The summed E-state index contributed by atoms with van der Waals surface area (Å²) in [6.45, 7) is 1.96. The lowest BCUT2D eigenvalue weighted by Gasteiger charge is -2.55. The Morgan fingerprint density at radius 2 is 1.72 bits per heavy atom. The SMILES string of the molecule is C/C(CC(=O)Nc1ccc2c(c1)OCO2)=N\NC(=O)C12CC3CC(CC(C3)C1)C2. The van der Waals surface area contributed by atoms with Gasteiger partial charge in [-0.25, -0.2) is 5.43 Å². The van der Waals surface area contributed by atoms with E-state index >= 15 is 0 Å². The van der Waals surface area contributed by atoms with E-state index in [4.69, 9.17) is 9.47 Å². The zero-order valence-corrected chi connectivity index (χ0v) is 16.7. The summed E-state index contributed by atoms with van der Waals surface area (Å²) >= 11 is 0. The molecule has 0 saturated heterocycles. The highest BCUT2D eigenvalue weighted by Crippen LogP contribution is 2.60. The summed E-state index contributed by atoms with van der Waals surface area (Å²) in [5.41, 5.74) is 3.77. The lowest BCUT2D eigenvalue weighted by Crippen LogP contribution is -2.52. The second-order valence-electron chi connectivity index (χ2n) is 9.28. The molecule has 2 amide bonds. The minimum atomic E-state index is -0.229. The van der Waals surface area contributed by atoms with Crippen molar-refractivity contribution >= 4 is 23.2 Å². The van der Waals surface area contributed by atoms with E-state index in [1.807, 2.05) is 0 Å². The van der Waals surface area contributed by atoms with Gasteiger partial charge in [0.2, 0.25) is 18.6 Å². The van der Waals surface area contributed by atoms with E-state index in [-0.39, 0.29) is 30.4 Å². The molecular formula is C22H27N3O4. The van der Waals surface area contributed by atoms with Crippen LogP contribution in [0.15, 0.2) is 23.3 Å². The maximum absolute atomic E-state index is 12.9. The third-order valence-electron chi connectivity index (χ3n) is 6.94. The van der Waals surface area contributed by atoms with Crippen LogP contribution in [0.25, 0.3) is 0 Å². The average molecular weight is 397 g/mol. The highest BCUT2D eigenvalue weighted by molar-refractivity contribution is 6.05. The first-order valence-electron chi connectivity index (χ1n) is 10.5. The molecule has 4 fully saturated rings. The minimum absolute atomic E-state index is 0.0483. The lowest BCUT2D eigenvalue weighted by atomic mass is 9.49. The molecule has 1 aromatic carbocycles. The average Bonchev–Trinajstić information content (AvgIpc) is 3.12. The van der Waals surface area contributed by atoms with Crippen LogP contribution >= 0.6 is 0 Å². The summed E-state index contributed by atoms with van der Waals surface area (Å²) in [6, 6.07) is 5.28. The molecule has 29 heavy (non-hydrogen) atoms. The predicted octanol–water partition coefficient (Wildman–Crippen LogP) is 3.45. The Hall–Kier alpha value is -2.57. The zero-order valence-electron chi connectivity index (χ0n) is 16.7. The summed E-state index contributed by atoms with van der Waals surface area (Å²) in [5, 5.41) is 7.06. The maximum Gasteiger partial charge on any atom is 0.246 e. The van der Waals surface area contributed by atoms with Crippen molar-refractivity contribution in [1.29, 1.82) is 0 Å². The second-order valence-corrected chi connectivity index (χ2v) is 9.28. The van der Waals surface area contributed by atoms with Crippen molar-refractivity contribution in [3.8, 4) is 11.5 Å². The molecule has 5 aliphatic rings. The van der Waals surface area contributed by atoms with Gasteiger partial charge in [0.05, 0.1) is 11.8 Å². The molecule has 4 aliphatic carbocycles. The Morgan fingerprint density at radius 3 is 2.41 bits per heavy atom. The fourth-order valence-corrected chi connectivity index (χ4v) is 6.10. The van der Waals surface area contributed by atoms with Crippen LogP contribution in [0.4, 0.5) is 5.69 Å². The Kier molecular flexibility index (Phi) is 4.48. The summed E-state index contributed by atoms with van der Waals surface area (Å²) in [6.07, 6.45) is 7.03. The summed E-state index contributed by atoms with van der Waals surface area (Å²) < 4.78 is 10.6. The molecule has 154 valence electrons. The number of benzene rings is 1. The maximum atomic E-state index is 12.9. The second kappa shape index (κ2) is 7.04. The number of nitrogens with one attached hydrogen (secondary N) is 2. The van der Waals surface area contributed by atoms with Gasteiger partial charge in [-0.15, -0.1) is 0 Å². The molecule has 7 heteroatoms. The third kappa shape index (κ3) is 3.58. The van der Waals surface area contributed by atoms with Gasteiger partial charge in [-0.05, 0) is 75.3 Å². The molecule has 2 N–H and O–H groups in total. The van der Waals surface area contributed by atoms with Crippen LogP contribution in [0.1, 0.15) is 51.9 Å². The first-order valence-corrected chi connectivity index (χ1v) is 10.5. The molecule has 0 radical (unpaired) electrons. The molecule has 0 aromatic heterocycles. The van der Waals surface area contributed by atoms with Gasteiger partial charge in [-0.1, -0.05) is 0 Å². The monoisotopic (exact) mass is 397 g/mol. The molecule has 1 heterocycles. The predicted molar refractivity (Wildman–Crippen MR) is 108 cm³/mol. The number of hydrogen-bond acceptors (Lipinski definition) is 5. The Morgan fingerprint density at radius 1 is 1.07 bits per heavy atom. The van der Waals surface area contributed by atoms with Gasteiger partial charge >= 0.3 is 0 Å². The van der Waals surface area contributed by atoms with Crippen LogP contribution in [0.2, 0.25) is 0 Å². The van der Waals surface area contributed by atoms with Gasteiger partial charge in [0.1, 0.15) is 0 Å². The molecular weight excluding hydrogens is 370 g/mol. The van der Waals surface area contributed by atoms with Crippen LogP contribution in [0.5, 0.6) is 11.5 Å². The van der Waals surface area contributed by atoms with Gasteiger partial charge in [0.25, 0.3) is 0 Å². The molecule has 0 unspecified atom stereocenters. The Labute approximate surface area is 170 Å². The number of ether oxygens (including phenoxy) is 2. The smallest absolute Gasteiger partial charge is 0.246 e. The minimum Gasteiger partial charge on any atom is -0.454 e. The number of hydrazone groups is 1. The Bertz CT molecular complexity index is 844. The molecule has 6 rings (SSSR count). The normalized spacial score (nSPS) is 31.6. The van der Waals surface area contributed by atoms with E-state index < -0.39 is 0 Å². The van der Waals surface area contributed by atoms with Crippen molar-refractivity contribution < 1.29 is 19.1 Å². The number of amides is 2. The van der Waals surface area contributed by atoms with Crippen molar-refractivity contribution in [2.24, 2.45) is 28.3 Å². The van der Waals surface area contributed by atoms with E-state index in [0.29, 0.717) is 40.7 Å². The van der Waals surface area contributed by atoms with Gasteiger partial charge < -0.3 is 14.8 Å². The van der Waals surface area contributed by atoms with Crippen molar-refractivity contribution in [3.63, 3.8) is 0 Å². The highest BCUT2D eigenvalue weighted by atomic mass is 16.7. The van der Waals surface area contributed by atoms with E-state index in [9.17, 15) is 9.59 Å². The topological polar surface area (TPSA) is 89.0 Å². The highest BCUT2D eigenvalue weighted by Gasteiger charge is 2.54. The Balaban J connectivity index is 1.16. The number of anilines is 1. The number of hydrogen-bond donors (Lipinski definition) is 2. The van der Waals surface area contributed by atoms with Crippen LogP contribution in [-0.4, -0.2) is 24.3 Å². The first-order chi connectivity index (χ1) is 14.0. The molecule has 0 atom stereocenters. The van der Waals surface area contributed by atoms with Gasteiger partial charge in [0.15, 0.2) is 11.5 Å². The number of carbonyl (C=O) groups excluding carboxylic acids is 2. The summed E-state index contributed by atoms with van der Waals surface area (Å²) in [7, 11) is 0. The fourth-order valence-electron chi connectivity index (χ4n) is 6.10. The van der Waals surface area contributed by atoms with Gasteiger partial charge in [-0.2, -0.15) is 5.10 Å². The largest absolute Gasteiger partial charge is 0.454 e. The zero-order chi connectivity index (χ0) is 20.0. The fraction of sp³-hybridized carbons (Fsp3) is 0.591. The van der Waals surface area contributed by atoms with Crippen molar-refractivity contribution in [2.75, 3.05) is 12.1 Å². The number of rotatable bonds is 5. The molecule has 1 aliphatic heterocycles. The van der Waals surface area contributed by atoms with E-state index in [1.54, 1.807) is 25.1 Å². The lowest BCUT2D eigenvalue weighted by molar-refractivity contribution is -0.146. The summed E-state index contributed by atoms with van der Waals surface area (Å²) in [5.74, 6) is 3.30. The van der Waals surface area contributed by atoms with E-state index in [0.717, 1.165) is 19.3 Å². The van der Waals surface area contributed by atoms with Crippen molar-refractivity contribution in [3.05, 3.63) is 18.2 Å². The molecule has 0 spiro atoms. The van der Waals surface area contributed by atoms with Gasteiger partial charge in [-0.3, -0.25) is 9.59 Å². The molecule has 1 aromatic rings. The van der Waals surface area contributed by atoms with E-state index in [2.05, 4.69) is 15.8 Å². The van der Waals surface area contributed by atoms with E-state index in [1.165, 1.54) is 19.3 Å². The standard InChI is InChI=1S/C22H27N3O4/c1-13(4-20(26)23-17-2-3-18-19(8-17)29-12-28-18)24-25-21(27)22-9-14-5-15(10-22)7-16(6-14)11-22/h2-3,8,14-16H,4-7,9-12H2,1H3,(H,23,26)(H,25,27)/b24-13+. The third-order valence-corrected chi connectivity index (χ3v) is 6.94. The van der Waals surface area contributed by atoms with Crippen LogP contribution in [-0.2, 0) is 9.59 Å². The van der Waals surface area contributed by atoms with Crippen LogP contribution in [0.3, 0.4) is 0 Å². The van der Waals surface area contributed by atoms with Gasteiger partial charge in [0, 0.05) is 17.5 Å². The number of nitrogens with zero attached hydrogens (tertiary/aromatic N) is 1. The molecule has 4 saturated carbocycles. The quantitative estimate of drug-likeness (QED) is 0.588. The van der Waals surface area contributed by atoms with Crippen LogP contribution < -0.4 is 20.2 Å². The number of carbonyl (C=O) groups is 2.